The molecule has 3 aromatic rings. The number of hydrogen-bond acceptors (Lipinski definition) is 4. The number of ether oxygens (including phenoxy) is 2. The second-order valence-electron chi connectivity index (χ2n) is 8.03. The van der Waals surface area contributed by atoms with Crippen LogP contribution in [-0.4, -0.2) is 11.9 Å². The SMILES string of the molecule is CCCc1cc(C(C)C)c(CC)c(OC(=O)c2ccccc2)c1OC(=O)c1ccccc1. The van der Waals surface area contributed by atoms with E-state index in [1.165, 1.54) is 0 Å². The number of carbonyl (C=O) groups is 2. The molecule has 0 atom stereocenters. The van der Waals surface area contributed by atoms with E-state index in [9.17, 15) is 9.59 Å². The van der Waals surface area contributed by atoms with Crippen molar-refractivity contribution in [3.63, 3.8) is 0 Å². The Hall–Kier alpha value is -3.40. The van der Waals surface area contributed by atoms with E-state index >= 15 is 0 Å². The summed E-state index contributed by atoms with van der Waals surface area (Å²) in [5.41, 5.74) is 3.75. The quantitative estimate of drug-likeness (QED) is 0.292. The van der Waals surface area contributed by atoms with Crippen LogP contribution < -0.4 is 9.47 Å². The lowest BCUT2D eigenvalue weighted by Gasteiger charge is -2.22. The molecule has 0 bridgehead atoms. The number of rotatable bonds is 8. The van der Waals surface area contributed by atoms with E-state index in [0.717, 1.165) is 23.1 Å². The molecule has 166 valence electrons. The van der Waals surface area contributed by atoms with Gasteiger partial charge in [0.05, 0.1) is 11.1 Å². The number of aryl methyl sites for hydroxylation is 1. The smallest absolute Gasteiger partial charge is 0.343 e. The van der Waals surface area contributed by atoms with Crippen molar-refractivity contribution in [3.05, 3.63) is 94.5 Å². The normalized spacial score (nSPS) is 10.8. The lowest BCUT2D eigenvalue weighted by atomic mass is 9.90. The zero-order chi connectivity index (χ0) is 23.1. The highest BCUT2D eigenvalue weighted by Gasteiger charge is 2.25. The summed E-state index contributed by atoms with van der Waals surface area (Å²) in [4.78, 5) is 25.9. The Bertz CT molecular complexity index is 1070. The highest BCUT2D eigenvalue weighted by Crippen LogP contribution is 2.42. The first kappa shape index (κ1) is 23.3. The Kier molecular flexibility index (Phi) is 7.82. The molecule has 32 heavy (non-hydrogen) atoms. The number of esters is 2. The predicted molar refractivity (Wildman–Crippen MR) is 127 cm³/mol. The van der Waals surface area contributed by atoms with Crippen molar-refractivity contribution in [3.8, 4) is 11.5 Å². The Labute approximate surface area is 190 Å². The Morgan fingerprint density at radius 1 is 0.781 bits per heavy atom. The third-order valence-electron chi connectivity index (χ3n) is 5.35. The maximum absolute atomic E-state index is 13.0. The van der Waals surface area contributed by atoms with Crippen LogP contribution in [0.4, 0.5) is 0 Å². The van der Waals surface area contributed by atoms with E-state index in [-0.39, 0.29) is 5.92 Å². The second-order valence-corrected chi connectivity index (χ2v) is 8.03. The van der Waals surface area contributed by atoms with Crippen molar-refractivity contribution >= 4 is 11.9 Å². The lowest BCUT2D eigenvalue weighted by Crippen LogP contribution is -2.16. The van der Waals surface area contributed by atoms with E-state index in [1.54, 1.807) is 48.5 Å². The molecule has 0 aliphatic rings. The van der Waals surface area contributed by atoms with Crippen LogP contribution in [0.25, 0.3) is 0 Å². The Morgan fingerprint density at radius 3 is 1.72 bits per heavy atom. The van der Waals surface area contributed by atoms with Crippen molar-refractivity contribution in [2.24, 2.45) is 0 Å². The van der Waals surface area contributed by atoms with Crippen LogP contribution in [0.1, 0.15) is 77.4 Å². The first-order valence-electron chi connectivity index (χ1n) is 11.2. The molecule has 0 saturated carbocycles. The Balaban J connectivity index is 2.14. The van der Waals surface area contributed by atoms with Gasteiger partial charge < -0.3 is 9.47 Å². The van der Waals surface area contributed by atoms with Gasteiger partial charge in [-0.2, -0.15) is 0 Å². The predicted octanol–water partition coefficient (Wildman–Crippen LogP) is 6.76. The molecule has 3 aromatic carbocycles. The zero-order valence-corrected chi connectivity index (χ0v) is 19.2. The molecule has 0 amide bonds. The van der Waals surface area contributed by atoms with Gasteiger partial charge in [0.1, 0.15) is 0 Å². The second kappa shape index (κ2) is 10.8. The van der Waals surface area contributed by atoms with Crippen LogP contribution in [-0.2, 0) is 12.8 Å². The molecule has 0 heterocycles. The van der Waals surface area contributed by atoms with Gasteiger partial charge in [-0.05, 0) is 54.2 Å². The van der Waals surface area contributed by atoms with E-state index in [2.05, 4.69) is 26.8 Å². The minimum absolute atomic E-state index is 0.230. The summed E-state index contributed by atoms with van der Waals surface area (Å²) in [6.07, 6.45) is 2.22. The summed E-state index contributed by atoms with van der Waals surface area (Å²) in [5.74, 6) is -0.0277. The molecule has 3 rings (SSSR count). The summed E-state index contributed by atoms with van der Waals surface area (Å²) in [6.45, 7) is 8.32. The molecule has 4 heteroatoms. The van der Waals surface area contributed by atoms with E-state index in [4.69, 9.17) is 9.47 Å². The summed E-state index contributed by atoms with van der Waals surface area (Å²) in [7, 11) is 0. The largest absolute Gasteiger partial charge is 0.419 e. The lowest BCUT2D eigenvalue weighted by molar-refractivity contribution is 0.0679. The van der Waals surface area contributed by atoms with Gasteiger partial charge in [0.25, 0.3) is 0 Å². The molecule has 0 fully saturated rings. The van der Waals surface area contributed by atoms with Gasteiger partial charge in [0.2, 0.25) is 0 Å². The van der Waals surface area contributed by atoms with Crippen LogP contribution in [0.3, 0.4) is 0 Å². The van der Waals surface area contributed by atoms with E-state index in [1.807, 2.05) is 19.1 Å². The fourth-order valence-corrected chi connectivity index (χ4v) is 3.76. The number of benzene rings is 3. The molecular formula is C28H30O4. The van der Waals surface area contributed by atoms with Gasteiger partial charge in [-0.15, -0.1) is 0 Å². The van der Waals surface area contributed by atoms with Gasteiger partial charge in [0.15, 0.2) is 11.5 Å². The highest BCUT2D eigenvalue weighted by atomic mass is 16.6. The average molecular weight is 431 g/mol. The summed E-state index contributed by atoms with van der Waals surface area (Å²) in [5, 5.41) is 0. The molecule has 0 saturated heterocycles. The number of carbonyl (C=O) groups excluding carboxylic acids is 2. The summed E-state index contributed by atoms with van der Waals surface area (Å²) in [6, 6.07) is 19.8. The first-order valence-corrected chi connectivity index (χ1v) is 11.2. The van der Waals surface area contributed by atoms with E-state index < -0.39 is 11.9 Å². The third kappa shape index (κ3) is 5.25. The minimum Gasteiger partial charge on any atom is -0.419 e. The molecule has 0 aromatic heterocycles. The topological polar surface area (TPSA) is 52.6 Å². The van der Waals surface area contributed by atoms with Crippen molar-refractivity contribution in [2.45, 2.75) is 52.9 Å². The fourth-order valence-electron chi connectivity index (χ4n) is 3.76. The molecule has 4 nitrogen and oxygen atoms in total. The average Bonchev–Trinajstić information content (AvgIpc) is 2.81. The molecule has 0 aliphatic carbocycles. The Morgan fingerprint density at radius 2 is 1.28 bits per heavy atom. The van der Waals surface area contributed by atoms with Crippen molar-refractivity contribution in [1.82, 2.24) is 0 Å². The van der Waals surface area contributed by atoms with Crippen LogP contribution in [0, 0.1) is 0 Å². The molecule has 0 N–H and O–H groups in total. The molecule has 0 unspecified atom stereocenters. The van der Waals surface area contributed by atoms with Crippen molar-refractivity contribution < 1.29 is 19.1 Å². The van der Waals surface area contributed by atoms with Crippen LogP contribution in [0.5, 0.6) is 11.5 Å². The molecule has 0 spiro atoms. The van der Waals surface area contributed by atoms with Crippen LogP contribution >= 0.6 is 0 Å². The van der Waals surface area contributed by atoms with Gasteiger partial charge in [-0.3, -0.25) is 0 Å². The first-order chi connectivity index (χ1) is 15.5. The highest BCUT2D eigenvalue weighted by molar-refractivity contribution is 5.93. The maximum atomic E-state index is 13.0. The fraction of sp³-hybridized carbons (Fsp3) is 0.286. The van der Waals surface area contributed by atoms with Crippen LogP contribution in [0.2, 0.25) is 0 Å². The summed E-state index contributed by atoms with van der Waals surface area (Å²) >= 11 is 0. The molecule has 0 radical (unpaired) electrons. The number of hydrogen-bond donors (Lipinski definition) is 0. The van der Waals surface area contributed by atoms with Crippen molar-refractivity contribution in [2.75, 3.05) is 0 Å². The third-order valence-corrected chi connectivity index (χ3v) is 5.35. The van der Waals surface area contributed by atoms with E-state index in [0.29, 0.717) is 35.5 Å². The minimum atomic E-state index is -0.473. The molecule has 0 aliphatic heterocycles. The standard InChI is InChI=1S/C28H30O4/c1-5-13-22-18-24(19(3)4)23(6-2)26(32-28(30)21-16-11-8-12-17-21)25(22)31-27(29)20-14-9-7-10-15-20/h7-12,14-19H,5-6,13H2,1-4H3. The monoisotopic (exact) mass is 430 g/mol. The van der Waals surface area contributed by atoms with Gasteiger partial charge in [-0.25, -0.2) is 9.59 Å². The van der Waals surface area contributed by atoms with Crippen LogP contribution in [0.15, 0.2) is 66.7 Å². The summed E-state index contributed by atoms with van der Waals surface area (Å²) < 4.78 is 11.9. The van der Waals surface area contributed by atoms with Crippen molar-refractivity contribution in [1.29, 1.82) is 0 Å². The van der Waals surface area contributed by atoms with Gasteiger partial charge in [-0.1, -0.05) is 76.6 Å². The zero-order valence-electron chi connectivity index (χ0n) is 19.2. The maximum Gasteiger partial charge on any atom is 0.343 e. The van der Waals surface area contributed by atoms with Gasteiger partial charge in [0, 0.05) is 5.56 Å². The van der Waals surface area contributed by atoms with Gasteiger partial charge >= 0.3 is 11.9 Å². The molecular weight excluding hydrogens is 400 g/mol.